The van der Waals surface area contributed by atoms with Gasteiger partial charge in [0.25, 0.3) is 5.91 Å². The summed E-state index contributed by atoms with van der Waals surface area (Å²) in [6, 6.07) is 3.22. The van der Waals surface area contributed by atoms with Gasteiger partial charge in [0, 0.05) is 31.8 Å². The van der Waals surface area contributed by atoms with E-state index in [1.165, 1.54) is 6.20 Å². The first kappa shape index (κ1) is 12.0. The zero-order chi connectivity index (χ0) is 12.0. The normalized spacial score (nSPS) is 9.56. The molecule has 0 atom stereocenters. The van der Waals surface area contributed by atoms with Gasteiger partial charge in [0.2, 0.25) is 5.91 Å². The van der Waals surface area contributed by atoms with Crippen LogP contribution in [-0.2, 0) is 4.79 Å². The van der Waals surface area contributed by atoms with Gasteiger partial charge in [-0.3, -0.25) is 9.59 Å². The van der Waals surface area contributed by atoms with Crippen LogP contribution in [0.25, 0.3) is 0 Å². The summed E-state index contributed by atoms with van der Waals surface area (Å²) in [5.74, 6) is -0.0753. The second kappa shape index (κ2) is 5.69. The first-order valence-corrected chi connectivity index (χ1v) is 4.84. The Labute approximate surface area is 93.2 Å². The lowest BCUT2D eigenvalue weighted by atomic mass is 10.2. The molecular weight excluding hydrogens is 208 g/mol. The quantitative estimate of drug-likeness (QED) is 0.638. The van der Waals surface area contributed by atoms with Crippen molar-refractivity contribution in [1.82, 2.24) is 10.3 Å². The molecule has 0 unspecified atom stereocenters. The van der Waals surface area contributed by atoms with Crippen LogP contribution in [-0.4, -0.2) is 30.4 Å². The summed E-state index contributed by atoms with van der Waals surface area (Å²) < 4.78 is 0. The lowest BCUT2D eigenvalue weighted by molar-refractivity contribution is -0.117. The minimum absolute atomic E-state index is 0.135. The van der Waals surface area contributed by atoms with Gasteiger partial charge in [-0.1, -0.05) is 0 Å². The summed E-state index contributed by atoms with van der Waals surface area (Å²) in [7, 11) is 1.72. The molecule has 0 radical (unpaired) electrons. The minimum Gasteiger partial charge on any atom is -0.373 e. The van der Waals surface area contributed by atoms with Crippen molar-refractivity contribution in [2.45, 2.75) is 6.42 Å². The summed E-state index contributed by atoms with van der Waals surface area (Å²) in [5, 5.41) is 5.42. The van der Waals surface area contributed by atoms with E-state index in [9.17, 15) is 9.59 Å². The fourth-order valence-corrected chi connectivity index (χ4v) is 1.11. The van der Waals surface area contributed by atoms with Gasteiger partial charge in [-0.05, 0) is 12.1 Å². The maximum absolute atomic E-state index is 11.6. The largest absolute Gasteiger partial charge is 0.373 e. The van der Waals surface area contributed by atoms with Crippen LogP contribution in [0, 0.1) is 0 Å². The molecule has 1 aromatic heterocycles. The molecule has 1 aromatic rings. The molecule has 0 fully saturated rings. The molecule has 0 aliphatic heterocycles. The first-order chi connectivity index (χ1) is 7.63. The van der Waals surface area contributed by atoms with Crippen molar-refractivity contribution in [3.8, 4) is 0 Å². The second-order valence-corrected chi connectivity index (χ2v) is 3.15. The fourth-order valence-electron chi connectivity index (χ4n) is 1.11. The lowest BCUT2D eigenvalue weighted by Gasteiger charge is -2.05. The Hall–Kier alpha value is -2.11. The Balaban J connectivity index is 2.55. The van der Waals surface area contributed by atoms with E-state index in [0.717, 1.165) is 0 Å². The van der Waals surface area contributed by atoms with Crippen LogP contribution in [0.3, 0.4) is 0 Å². The number of hydrogen-bond donors (Lipinski definition) is 3. The van der Waals surface area contributed by atoms with Gasteiger partial charge in [-0.25, -0.2) is 4.98 Å². The summed E-state index contributed by atoms with van der Waals surface area (Å²) in [4.78, 5) is 26.0. The van der Waals surface area contributed by atoms with Crippen LogP contribution < -0.4 is 16.4 Å². The Morgan fingerprint density at radius 2 is 2.25 bits per heavy atom. The predicted molar refractivity (Wildman–Crippen MR) is 59.9 cm³/mol. The number of anilines is 1. The SMILES string of the molecule is CNc1cc(C(=O)NCCC(N)=O)ccn1. The maximum Gasteiger partial charge on any atom is 0.251 e. The maximum atomic E-state index is 11.6. The molecular formula is C10H14N4O2. The van der Waals surface area contributed by atoms with Gasteiger partial charge in [0.05, 0.1) is 0 Å². The van der Waals surface area contributed by atoms with E-state index in [2.05, 4.69) is 15.6 Å². The van der Waals surface area contributed by atoms with E-state index in [-0.39, 0.29) is 18.9 Å². The van der Waals surface area contributed by atoms with Gasteiger partial charge in [-0.15, -0.1) is 0 Å². The average molecular weight is 222 g/mol. The molecule has 1 heterocycles. The second-order valence-electron chi connectivity index (χ2n) is 3.15. The van der Waals surface area contributed by atoms with E-state index < -0.39 is 5.91 Å². The van der Waals surface area contributed by atoms with Crippen LogP contribution in [0.5, 0.6) is 0 Å². The van der Waals surface area contributed by atoms with Crippen molar-refractivity contribution in [2.75, 3.05) is 18.9 Å². The van der Waals surface area contributed by atoms with Crippen LogP contribution in [0.15, 0.2) is 18.3 Å². The first-order valence-electron chi connectivity index (χ1n) is 4.84. The molecule has 4 N–H and O–H groups in total. The minimum atomic E-state index is -0.439. The topological polar surface area (TPSA) is 97.1 Å². The van der Waals surface area contributed by atoms with Crippen molar-refractivity contribution in [3.63, 3.8) is 0 Å². The fraction of sp³-hybridized carbons (Fsp3) is 0.300. The summed E-state index contributed by atoms with van der Waals surface area (Å²) >= 11 is 0. The highest BCUT2D eigenvalue weighted by atomic mass is 16.2. The van der Waals surface area contributed by atoms with Crippen molar-refractivity contribution >= 4 is 17.6 Å². The molecule has 16 heavy (non-hydrogen) atoms. The van der Waals surface area contributed by atoms with Crippen LogP contribution in [0.1, 0.15) is 16.8 Å². The Kier molecular flexibility index (Phi) is 4.26. The highest BCUT2D eigenvalue weighted by Crippen LogP contribution is 2.05. The van der Waals surface area contributed by atoms with Crippen LogP contribution in [0.2, 0.25) is 0 Å². The van der Waals surface area contributed by atoms with Gasteiger partial charge in [-0.2, -0.15) is 0 Å². The number of primary amides is 1. The zero-order valence-corrected chi connectivity index (χ0v) is 8.99. The molecule has 6 nitrogen and oxygen atoms in total. The number of amides is 2. The third-order valence-corrected chi connectivity index (χ3v) is 1.94. The number of rotatable bonds is 5. The van der Waals surface area contributed by atoms with E-state index in [1.54, 1.807) is 19.2 Å². The molecule has 0 aromatic carbocycles. The molecule has 0 aliphatic carbocycles. The van der Waals surface area contributed by atoms with E-state index in [1.807, 2.05) is 0 Å². The number of hydrogen-bond acceptors (Lipinski definition) is 4. The number of pyridine rings is 1. The number of carbonyl (C=O) groups excluding carboxylic acids is 2. The van der Waals surface area contributed by atoms with E-state index >= 15 is 0 Å². The molecule has 0 saturated carbocycles. The molecule has 0 bridgehead atoms. The number of nitrogens with one attached hydrogen (secondary N) is 2. The lowest BCUT2D eigenvalue weighted by Crippen LogP contribution is -2.27. The number of carbonyl (C=O) groups is 2. The number of aromatic nitrogens is 1. The van der Waals surface area contributed by atoms with Gasteiger partial charge >= 0.3 is 0 Å². The van der Waals surface area contributed by atoms with Crippen molar-refractivity contribution in [3.05, 3.63) is 23.9 Å². The molecule has 1 rings (SSSR count). The van der Waals surface area contributed by atoms with E-state index in [0.29, 0.717) is 11.4 Å². The Morgan fingerprint density at radius 1 is 1.50 bits per heavy atom. The number of nitrogens with zero attached hydrogens (tertiary/aromatic N) is 1. The monoisotopic (exact) mass is 222 g/mol. The third-order valence-electron chi connectivity index (χ3n) is 1.94. The van der Waals surface area contributed by atoms with Crippen LogP contribution >= 0.6 is 0 Å². The molecule has 6 heteroatoms. The van der Waals surface area contributed by atoms with Gasteiger partial charge in [0.15, 0.2) is 0 Å². The smallest absolute Gasteiger partial charge is 0.251 e. The Bertz CT molecular complexity index is 392. The van der Waals surface area contributed by atoms with Crippen molar-refractivity contribution < 1.29 is 9.59 Å². The average Bonchev–Trinajstić information content (AvgIpc) is 2.28. The standard InChI is InChI=1S/C10H14N4O2/c1-12-9-6-7(2-4-13-9)10(16)14-5-3-8(11)15/h2,4,6H,3,5H2,1H3,(H2,11,15)(H,12,13)(H,14,16). The molecule has 0 spiro atoms. The Morgan fingerprint density at radius 3 is 2.88 bits per heavy atom. The highest BCUT2D eigenvalue weighted by Gasteiger charge is 2.06. The molecule has 2 amide bonds. The highest BCUT2D eigenvalue weighted by molar-refractivity contribution is 5.94. The zero-order valence-electron chi connectivity index (χ0n) is 8.99. The number of nitrogens with two attached hydrogens (primary N) is 1. The summed E-state index contributed by atoms with van der Waals surface area (Å²) in [5.41, 5.74) is 5.44. The van der Waals surface area contributed by atoms with Gasteiger partial charge in [0.1, 0.15) is 5.82 Å². The third kappa shape index (κ3) is 3.56. The van der Waals surface area contributed by atoms with Crippen molar-refractivity contribution in [1.29, 1.82) is 0 Å². The summed E-state index contributed by atoms with van der Waals surface area (Å²) in [6.07, 6.45) is 1.67. The predicted octanol–water partition coefficient (Wildman–Crippen LogP) is -0.271. The summed E-state index contributed by atoms with van der Waals surface area (Å²) in [6.45, 7) is 0.241. The molecule has 0 aliphatic rings. The molecule has 0 saturated heterocycles. The van der Waals surface area contributed by atoms with Crippen molar-refractivity contribution in [2.24, 2.45) is 5.73 Å². The van der Waals surface area contributed by atoms with Crippen LogP contribution in [0.4, 0.5) is 5.82 Å². The van der Waals surface area contributed by atoms with E-state index in [4.69, 9.17) is 5.73 Å². The molecule has 86 valence electrons. The van der Waals surface area contributed by atoms with Gasteiger partial charge < -0.3 is 16.4 Å².